The van der Waals surface area contributed by atoms with Crippen molar-refractivity contribution in [2.45, 2.75) is 26.4 Å². The highest BCUT2D eigenvalue weighted by Crippen LogP contribution is 2.55. The molecule has 0 fully saturated rings. The molecule has 30 heavy (non-hydrogen) atoms. The molecule has 2 nitrogen and oxygen atoms in total. The Hall–Kier alpha value is -3.52. The second-order valence-corrected chi connectivity index (χ2v) is 8.30. The van der Waals surface area contributed by atoms with Crippen molar-refractivity contribution in [1.82, 2.24) is 0 Å². The Balaban J connectivity index is 1.65. The fraction of sp³-hybridized carbons (Fsp3) is 0.143. The van der Waals surface area contributed by atoms with Crippen molar-refractivity contribution in [3.8, 4) is 11.1 Å². The molecule has 1 atom stereocenters. The molecule has 6 rings (SSSR count). The molecule has 1 aliphatic heterocycles. The molecule has 0 saturated heterocycles. The Morgan fingerprint density at radius 2 is 1.40 bits per heavy atom. The monoisotopic (exact) mass is 388 g/mol. The molecular formula is C28H24N2. The van der Waals surface area contributed by atoms with Gasteiger partial charge in [0, 0.05) is 16.9 Å². The van der Waals surface area contributed by atoms with Crippen LogP contribution in [0.15, 0.2) is 91.0 Å². The molecule has 2 aliphatic rings. The number of anilines is 4. The molecule has 4 aromatic carbocycles. The molecule has 146 valence electrons. The normalized spacial score (nSPS) is 16.4. The van der Waals surface area contributed by atoms with Gasteiger partial charge in [-0.15, -0.1) is 0 Å². The second-order valence-electron chi connectivity index (χ2n) is 8.30. The topological polar surface area (TPSA) is 6.48 Å². The highest BCUT2D eigenvalue weighted by Gasteiger charge is 2.39. The van der Waals surface area contributed by atoms with Crippen LogP contribution in [0.1, 0.15) is 23.6 Å². The first-order valence-corrected chi connectivity index (χ1v) is 10.7. The second kappa shape index (κ2) is 6.50. The number of hydrogen-bond donors (Lipinski definition) is 0. The Morgan fingerprint density at radius 1 is 0.667 bits per heavy atom. The van der Waals surface area contributed by atoms with Gasteiger partial charge in [-0.3, -0.25) is 0 Å². The van der Waals surface area contributed by atoms with Crippen LogP contribution in [0.4, 0.5) is 22.7 Å². The van der Waals surface area contributed by atoms with Crippen LogP contribution >= 0.6 is 0 Å². The third kappa shape index (κ3) is 2.37. The first-order chi connectivity index (χ1) is 14.7. The van der Waals surface area contributed by atoms with Gasteiger partial charge >= 0.3 is 0 Å². The zero-order valence-electron chi connectivity index (χ0n) is 17.3. The van der Waals surface area contributed by atoms with Crippen molar-refractivity contribution < 1.29 is 0 Å². The lowest BCUT2D eigenvalue weighted by Crippen LogP contribution is -2.35. The summed E-state index contributed by atoms with van der Waals surface area (Å²) in [5.41, 5.74) is 12.1. The Labute approximate surface area is 178 Å². The molecular weight excluding hydrogens is 364 g/mol. The van der Waals surface area contributed by atoms with Crippen molar-refractivity contribution in [3.05, 3.63) is 108 Å². The van der Waals surface area contributed by atoms with Gasteiger partial charge in [-0.25, -0.2) is 0 Å². The lowest BCUT2D eigenvalue weighted by Gasteiger charge is -2.31. The minimum absolute atomic E-state index is 0.183. The fourth-order valence-corrected chi connectivity index (χ4v) is 5.23. The smallest absolute Gasteiger partial charge is 0.108 e. The molecule has 2 heteroatoms. The van der Waals surface area contributed by atoms with Gasteiger partial charge in [-0.05, 0) is 66.8 Å². The molecule has 1 aliphatic carbocycles. The van der Waals surface area contributed by atoms with E-state index in [0.29, 0.717) is 0 Å². The maximum atomic E-state index is 2.52. The average Bonchev–Trinajstić information content (AvgIpc) is 3.29. The third-order valence-corrected chi connectivity index (χ3v) is 6.57. The van der Waals surface area contributed by atoms with Gasteiger partial charge in [0.05, 0.1) is 11.4 Å². The van der Waals surface area contributed by atoms with Gasteiger partial charge < -0.3 is 9.80 Å². The minimum Gasteiger partial charge on any atom is -0.318 e. The van der Waals surface area contributed by atoms with Gasteiger partial charge in [0.2, 0.25) is 0 Å². The van der Waals surface area contributed by atoms with Crippen LogP contribution in [0, 0.1) is 6.92 Å². The van der Waals surface area contributed by atoms with E-state index in [9.17, 15) is 0 Å². The van der Waals surface area contributed by atoms with Crippen molar-refractivity contribution in [3.63, 3.8) is 0 Å². The molecule has 4 aromatic rings. The van der Waals surface area contributed by atoms with Crippen LogP contribution < -0.4 is 9.80 Å². The van der Waals surface area contributed by atoms with Gasteiger partial charge in [-0.1, -0.05) is 66.7 Å². The molecule has 0 aromatic heterocycles. The summed E-state index contributed by atoms with van der Waals surface area (Å²) in [6.07, 6.45) is 1.20. The molecule has 0 saturated carbocycles. The molecule has 0 amide bonds. The van der Waals surface area contributed by atoms with Gasteiger partial charge in [-0.2, -0.15) is 0 Å². The summed E-state index contributed by atoms with van der Waals surface area (Å²) in [7, 11) is 0. The number of fused-ring (bicyclic) bond motifs is 5. The SMILES string of the molecule is Cc1ccccc1N1c2ccc3c(c2N(c2ccccc2)[C@@H]1C)-c1ccccc1C3. The number of aryl methyl sites for hydroxylation is 1. The lowest BCUT2D eigenvalue weighted by molar-refractivity contribution is 0.760. The van der Waals surface area contributed by atoms with E-state index in [1.807, 2.05) is 0 Å². The Morgan fingerprint density at radius 3 is 2.23 bits per heavy atom. The number of hydrogen-bond acceptors (Lipinski definition) is 2. The molecule has 0 bridgehead atoms. The molecule has 0 radical (unpaired) electrons. The maximum Gasteiger partial charge on any atom is 0.108 e. The van der Waals surface area contributed by atoms with Crippen LogP contribution in [0.2, 0.25) is 0 Å². The van der Waals surface area contributed by atoms with Crippen LogP contribution in [0.25, 0.3) is 11.1 Å². The van der Waals surface area contributed by atoms with E-state index < -0.39 is 0 Å². The van der Waals surface area contributed by atoms with E-state index in [2.05, 4.69) is 115 Å². The Bertz CT molecular complexity index is 1260. The van der Waals surface area contributed by atoms with E-state index in [-0.39, 0.29) is 6.17 Å². The minimum atomic E-state index is 0.183. The van der Waals surface area contributed by atoms with Crippen LogP contribution in [0.5, 0.6) is 0 Å². The highest BCUT2D eigenvalue weighted by atomic mass is 15.4. The molecule has 0 unspecified atom stereocenters. The van der Waals surface area contributed by atoms with Crippen LogP contribution in [-0.2, 0) is 6.42 Å². The lowest BCUT2D eigenvalue weighted by atomic mass is 10.0. The van der Waals surface area contributed by atoms with Crippen molar-refractivity contribution in [2.24, 2.45) is 0 Å². The summed E-state index contributed by atoms with van der Waals surface area (Å²) >= 11 is 0. The largest absolute Gasteiger partial charge is 0.318 e. The van der Waals surface area contributed by atoms with E-state index >= 15 is 0 Å². The average molecular weight is 389 g/mol. The van der Waals surface area contributed by atoms with E-state index in [1.54, 1.807) is 0 Å². The van der Waals surface area contributed by atoms with Gasteiger partial charge in [0.25, 0.3) is 0 Å². The first-order valence-electron chi connectivity index (χ1n) is 10.7. The van der Waals surface area contributed by atoms with E-state index in [0.717, 1.165) is 6.42 Å². The summed E-state index contributed by atoms with van der Waals surface area (Å²) in [6.45, 7) is 4.52. The third-order valence-electron chi connectivity index (χ3n) is 6.57. The zero-order chi connectivity index (χ0) is 20.2. The van der Waals surface area contributed by atoms with Crippen molar-refractivity contribution in [1.29, 1.82) is 0 Å². The quantitative estimate of drug-likeness (QED) is 0.315. The Kier molecular flexibility index (Phi) is 3.76. The standard InChI is InChI=1S/C28H24N2/c1-19-10-6-9-15-25(19)30-20(2)29(23-12-4-3-5-13-23)28-26(30)17-16-22-18-21-11-7-8-14-24(21)27(22)28/h3-17,20H,18H2,1-2H3/t20-/m0/s1. The van der Waals surface area contributed by atoms with E-state index in [1.165, 1.54) is 50.6 Å². The number of nitrogens with zero attached hydrogens (tertiary/aromatic N) is 2. The highest BCUT2D eigenvalue weighted by molar-refractivity contribution is 6.01. The van der Waals surface area contributed by atoms with Gasteiger partial charge in [0.1, 0.15) is 6.17 Å². The maximum absolute atomic E-state index is 2.52. The van der Waals surface area contributed by atoms with Crippen molar-refractivity contribution in [2.75, 3.05) is 9.80 Å². The van der Waals surface area contributed by atoms with Gasteiger partial charge in [0.15, 0.2) is 0 Å². The predicted molar refractivity (Wildman–Crippen MR) is 126 cm³/mol. The summed E-state index contributed by atoms with van der Waals surface area (Å²) in [5, 5.41) is 0. The number of rotatable bonds is 2. The summed E-state index contributed by atoms with van der Waals surface area (Å²) in [4.78, 5) is 5.02. The van der Waals surface area contributed by atoms with E-state index in [4.69, 9.17) is 0 Å². The number of benzene rings is 4. The van der Waals surface area contributed by atoms with Crippen LogP contribution in [0.3, 0.4) is 0 Å². The molecule has 1 heterocycles. The first kappa shape index (κ1) is 17.3. The fourth-order valence-electron chi connectivity index (χ4n) is 5.23. The summed E-state index contributed by atoms with van der Waals surface area (Å²) in [5.74, 6) is 0. The zero-order valence-corrected chi connectivity index (χ0v) is 17.3. The molecule has 0 N–H and O–H groups in total. The molecule has 0 spiro atoms. The van der Waals surface area contributed by atoms with Crippen LogP contribution in [-0.4, -0.2) is 6.17 Å². The summed E-state index contributed by atoms with van der Waals surface area (Å²) < 4.78 is 0. The predicted octanol–water partition coefficient (Wildman–Crippen LogP) is 7.20. The van der Waals surface area contributed by atoms with Crippen molar-refractivity contribution >= 4 is 22.7 Å². The summed E-state index contributed by atoms with van der Waals surface area (Å²) in [6, 6.07) is 33.0. The number of para-hydroxylation sites is 2.